The molecule has 0 unspecified atom stereocenters. The van der Waals surface area contributed by atoms with Crippen LogP contribution in [0.25, 0.3) is 0 Å². The minimum atomic E-state index is -3.30. The zero-order valence-electron chi connectivity index (χ0n) is 11.3. The van der Waals surface area contributed by atoms with Gasteiger partial charge in [-0.2, -0.15) is 4.31 Å². The van der Waals surface area contributed by atoms with E-state index in [9.17, 15) is 12.8 Å². The van der Waals surface area contributed by atoms with E-state index in [1.807, 2.05) is 0 Å². The van der Waals surface area contributed by atoms with Crippen molar-refractivity contribution in [3.8, 4) is 0 Å². The van der Waals surface area contributed by atoms with Crippen LogP contribution in [0, 0.1) is 11.7 Å². The lowest BCUT2D eigenvalue weighted by Gasteiger charge is -2.40. The molecule has 1 saturated heterocycles. The standard InChI is InChI=1S/C14H19FN2O2S/c15-13-3-1-2-11(8-13)5-7-20(18,19)17-9-12-4-6-14(12,16)10-17/h1-3,8,12H,4-7,9-10,16H2/t12-,14-/m0/s1. The van der Waals surface area contributed by atoms with Crippen LogP contribution < -0.4 is 5.73 Å². The van der Waals surface area contributed by atoms with Gasteiger partial charge in [-0.15, -0.1) is 0 Å². The Kier molecular flexibility index (Phi) is 3.35. The second kappa shape index (κ2) is 4.79. The molecule has 110 valence electrons. The van der Waals surface area contributed by atoms with Crippen molar-refractivity contribution >= 4 is 10.0 Å². The van der Waals surface area contributed by atoms with Crippen molar-refractivity contribution in [3.05, 3.63) is 35.6 Å². The summed E-state index contributed by atoms with van der Waals surface area (Å²) >= 11 is 0. The third-order valence-electron chi connectivity index (χ3n) is 4.60. The Morgan fingerprint density at radius 1 is 1.45 bits per heavy atom. The Morgan fingerprint density at radius 3 is 2.80 bits per heavy atom. The average Bonchev–Trinajstić information content (AvgIpc) is 2.62. The van der Waals surface area contributed by atoms with Crippen LogP contribution in [0.4, 0.5) is 4.39 Å². The van der Waals surface area contributed by atoms with E-state index in [-0.39, 0.29) is 17.1 Å². The smallest absolute Gasteiger partial charge is 0.214 e. The lowest BCUT2D eigenvalue weighted by atomic mass is 9.70. The molecule has 1 aliphatic carbocycles. The largest absolute Gasteiger partial charge is 0.324 e. The fraction of sp³-hybridized carbons (Fsp3) is 0.571. The number of sulfonamides is 1. The van der Waals surface area contributed by atoms with E-state index in [1.54, 1.807) is 12.1 Å². The van der Waals surface area contributed by atoms with Gasteiger partial charge < -0.3 is 5.73 Å². The van der Waals surface area contributed by atoms with Gasteiger partial charge in [-0.1, -0.05) is 12.1 Å². The first kappa shape index (κ1) is 14.0. The van der Waals surface area contributed by atoms with Crippen LogP contribution in [0.5, 0.6) is 0 Å². The molecular weight excluding hydrogens is 279 g/mol. The molecule has 2 fully saturated rings. The Morgan fingerprint density at radius 2 is 2.25 bits per heavy atom. The number of rotatable bonds is 4. The van der Waals surface area contributed by atoms with Gasteiger partial charge >= 0.3 is 0 Å². The number of hydrogen-bond acceptors (Lipinski definition) is 3. The van der Waals surface area contributed by atoms with Crippen molar-refractivity contribution in [3.63, 3.8) is 0 Å². The maximum Gasteiger partial charge on any atom is 0.214 e. The number of aryl methyl sites for hydroxylation is 1. The molecule has 0 aromatic heterocycles. The maximum atomic E-state index is 13.1. The minimum absolute atomic E-state index is 0.0131. The molecule has 2 N–H and O–H groups in total. The van der Waals surface area contributed by atoms with E-state index in [2.05, 4.69) is 0 Å². The van der Waals surface area contributed by atoms with Gasteiger partial charge in [0, 0.05) is 18.6 Å². The molecule has 0 spiro atoms. The van der Waals surface area contributed by atoms with Gasteiger partial charge in [0.15, 0.2) is 0 Å². The van der Waals surface area contributed by atoms with E-state index in [1.165, 1.54) is 16.4 Å². The molecule has 2 atom stereocenters. The van der Waals surface area contributed by atoms with E-state index in [0.717, 1.165) is 12.8 Å². The molecule has 4 nitrogen and oxygen atoms in total. The van der Waals surface area contributed by atoms with Crippen LogP contribution in [0.15, 0.2) is 24.3 Å². The highest BCUT2D eigenvalue weighted by molar-refractivity contribution is 7.89. The first-order chi connectivity index (χ1) is 9.39. The summed E-state index contributed by atoms with van der Waals surface area (Å²) in [7, 11) is -3.30. The predicted octanol–water partition coefficient (Wildman–Crippen LogP) is 1.12. The monoisotopic (exact) mass is 298 g/mol. The molecule has 3 rings (SSSR count). The van der Waals surface area contributed by atoms with E-state index in [4.69, 9.17) is 5.73 Å². The van der Waals surface area contributed by atoms with Gasteiger partial charge in [0.25, 0.3) is 0 Å². The fourth-order valence-electron chi connectivity index (χ4n) is 3.12. The third kappa shape index (κ3) is 2.47. The molecule has 0 bridgehead atoms. The summed E-state index contributed by atoms with van der Waals surface area (Å²) in [5.41, 5.74) is 6.57. The molecule has 2 aliphatic rings. The number of hydrogen-bond donors (Lipinski definition) is 1. The van der Waals surface area contributed by atoms with Crippen molar-refractivity contribution < 1.29 is 12.8 Å². The zero-order chi connectivity index (χ0) is 14.4. The Bertz CT molecular complexity index is 619. The fourth-order valence-corrected chi connectivity index (χ4v) is 4.72. The quantitative estimate of drug-likeness (QED) is 0.906. The highest BCUT2D eigenvalue weighted by Crippen LogP contribution is 2.43. The van der Waals surface area contributed by atoms with E-state index >= 15 is 0 Å². The molecule has 0 radical (unpaired) electrons. The number of halogens is 1. The summed E-state index contributed by atoms with van der Waals surface area (Å²) in [6.45, 7) is 0.977. The van der Waals surface area contributed by atoms with Crippen LogP contribution in [-0.4, -0.2) is 37.1 Å². The summed E-state index contributed by atoms with van der Waals surface area (Å²) in [6.07, 6.45) is 2.26. The lowest BCUT2D eigenvalue weighted by molar-refractivity contribution is 0.189. The van der Waals surface area contributed by atoms with Gasteiger partial charge in [-0.25, -0.2) is 12.8 Å². The van der Waals surface area contributed by atoms with Crippen LogP contribution in [0.3, 0.4) is 0 Å². The van der Waals surface area contributed by atoms with Gasteiger partial charge in [-0.05, 0) is 42.9 Å². The second-order valence-electron chi connectivity index (χ2n) is 5.96. The van der Waals surface area contributed by atoms with Crippen LogP contribution >= 0.6 is 0 Å². The lowest BCUT2D eigenvalue weighted by Crippen LogP contribution is -2.54. The predicted molar refractivity (Wildman–Crippen MR) is 75.1 cm³/mol. The zero-order valence-corrected chi connectivity index (χ0v) is 12.1. The average molecular weight is 298 g/mol. The van der Waals surface area contributed by atoms with E-state index in [0.29, 0.717) is 31.0 Å². The van der Waals surface area contributed by atoms with Crippen molar-refractivity contribution in [2.45, 2.75) is 24.8 Å². The summed E-state index contributed by atoms with van der Waals surface area (Å²) in [5.74, 6) is -0.00864. The van der Waals surface area contributed by atoms with Crippen molar-refractivity contribution in [1.29, 1.82) is 0 Å². The maximum absolute atomic E-state index is 13.1. The first-order valence-corrected chi connectivity index (χ1v) is 8.51. The van der Waals surface area contributed by atoms with E-state index < -0.39 is 10.0 Å². The SMILES string of the molecule is N[C@]12CC[C@H]1CN(S(=O)(=O)CCc1cccc(F)c1)C2. The van der Waals surface area contributed by atoms with Gasteiger partial charge in [0.05, 0.1) is 5.75 Å². The highest BCUT2D eigenvalue weighted by atomic mass is 32.2. The molecule has 1 saturated carbocycles. The molecule has 0 amide bonds. The van der Waals surface area contributed by atoms with Crippen molar-refractivity contribution in [2.75, 3.05) is 18.8 Å². The highest BCUT2D eigenvalue weighted by Gasteiger charge is 2.52. The molecule has 1 aromatic rings. The Labute approximate surface area is 118 Å². The Balaban J connectivity index is 1.65. The summed E-state index contributed by atoms with van der Waals surface area (Å²) < 4.78 is 39.2. The number of nitrogens with zero attached hydrogens (tertiary/aromatic N) is 1. The molecule has 1 aromatic carbocycles. The summed E-state index contributed by atoms with van der Waals surface area (Å²) in [6, 6.07) is 6.08. The molecule has 1 aliphatic heterocycles. The molecule has 1 heterocycles. The second-order valence-corrected chi connectivity index (χ2v) is 8.05. The summed E-state index contributed by atoms with van der Waals surface area (Å²) in [4.78, 5) is 0. The van der Waals surface area contributed by atoms with Gasteiger partial charge in [0.1, 0.15) is 5.82 Å². The number of nitrogens with two attached hydrogens (primary N) is 1. The molecule has 20 heavy (non-hydrogen) atoms. The number of benzene rings is 1. The molecular formula is C14H19FN2O2S. The first-order valence-electron chi connectivity index (χ1n) is 6.90. The van der Waals surface area contributed by atoms with Crippen LogP contribution in [-0.2, 0) is 16.4 Å². The topological polar surface area (TPSA) is 63.4 Å². The van der Waals surface area contributed by atoms with Crippen molar-refractivity contribution in [2.24, 2.45) is 11.7 Å². The van der Waals surface area contributed by atoms with Crippen LogP contribution in [0.1, 0.15) is 18.4 Å². The van der Waals surface area contributed by atoms with Gasteiger partial charge in [0.2, 0.25) is 10.0 Å². The summed E-state index contributed by atoms with van der Waals surface area (Å²) in [5, 5.41) is 0. The van der Waals surface area contributed by atoms with Crippen LogP contribution in [0.2, 0.25) is 0 Å². The Hall–Kier alpha value is -0.980. The van der Waals surface area contributed by atoms with Crippen molar-refractivity contribution in [1.82, 2.24) is 4.31 Å². The number of fused-ring (bicyclic) bond motifs is 1. The van der Waals surface area contributed by atoms with Gasteiger partial charge in [-0.3, -0.25) is 0 Å². The normalized spacial score (nSPS) is 30.0. The third-order valence-corrected chi connectivity index (χ3v) is 6.38. The minimum Gasteiger partial charge on any atom is -0.324 e. The molecule has 6 heteroatoms.